The molecule has 0 radical (unpaired) electrons. The highest BCUT2D eigenvalue weighted by Gasteiger charge is 2.19. The largest absolute Gasteiger partial charge is 0.496 e. The first-order valence-electron chi connectivity index (χ1n) is 9.86. The van der Waals surface area contributed by atoms with E-state index in [4.69, 9.17) is 4.74 Å². The average molecular weight is 452 g/mol. The molecule has 0 atom stereocenters. The molecule has 0 saturated heterocycles. The summed E-state index contributed by atoms with van der Waals surface area (Å²) in [4.78, 5) is 35.7. The molecule has 9 nitrogen and oxygen atoms in total. The van der Waals surface area contributed by atoms with Crippen LogP contribution in [0.4, 0.5) is 21.5 Å². The topological polar surface area (TPSA) is 123 Å². The lowest BCUT2D eigenvalue weighted by molar-refractivity contribution is -0.384. The molecule has 0 aromatic heterocycles. The Morgan fingerprint density at radius 2 is 1.73 bits per heavy atom. The number of benzene rings is 3. The van der Waals surface area contributed by atoms with Crippen molar-refractivity contribution in [3.63, 3.8) is 0 Å². The van der Waals surface area contributed by atoms with Crippen LogP contribution in [0.3, 0.4) is 0 Å². The number of hydrogen-bond acceptors (Lipinski definition) is 6. The van der Waals surface area contributed by atoms with E-state index in [0.29, 0.717) is 12.3 Å². The number of carbonyl (C=O) groups excluding carboxylic acids is 2. The molecule has 0 aliphatic rings. The predicted molar refractivity (Wildman–Crippen MR) is 121 cm³/mol. The van der Waals surface area contributed by atoms with E-state index in [9.17, 15) is 24.1 Å². The molecule has 0 saturated carbocycles. The summed E-state index contributed by atoms with van der Waals surface area (Å²) in [5, 5.41) is 19.1. The molecular weight excluding hydrogens is 431 g/mol. The number of nitro benzene ring substituents is 1. The number of amides is 2. The van der Waals surface area contributed by atoms with Crippen molar-refractivity contribution in [1.82, 2.24) is 5.32 Å². The number of rotatable bonds is 9. The molecule has 0 aliphatic carbocycles. The first-order chi connectivity index (χ1) is 15.9. The second-order valence-electron chi connectivity index (χ2n) is 6.88. The first kappa shape index (κ1) is 23.4. The Kier molecular flexibility index (Phi) is 7.66. The van der Waals surface area contributed by atoms with Crippen molar-refractivity contribution in [3.8, 4) is 5.75 Å². The van der Waals surface area contributed by atoms with Crippen LogP contribution in [-0.2, 0) is 11.3 Å². The van der Waals surface area contributed by atoms with Crippen LogP contribution < -0.4 is 20.7 Å². The number of halogens is 1. The summed E-state index contributed by atoms with van der Waals surface area (Å²) in [6, 6.07) is 16.3. The van der Waals surface area contributed by atoms with Crippen LogP contribution >= 0.6 is 0 Å². The van der Waals surface area contributed by atoms with Crippen LogP contribution in [0.1, 0.15) is 15.9 Å². The Morgan fingerprint density at radius 3 is 2.45 bits per heavy atom. The highest BCUT2D eigenvalue weighted by molar-refractivity contribution is 6.10. The molecule has 0 spiro atoms. The molecule has 0 unspecified atom stereocenters. The minimum Gasteiger partial charge on any atom is -0.496 e. The molecule has 3 N–H and O–H groups in total. The van der Waals surface area contributed by atoms with E-state index in [1.54, 1.807) is 13.2 Å². The molecule has 3 aromatic rings. The quantitative estimate of drug-likeness (QED) is 0.336. The van der Waals surface area contributed by atoms with Gasteiger partial charge in [0.15, 0.2) is 0 Å². The van der Waals surface area contributed by atoms with Gasteiger partial charge in [-0.1, -0.05) is 30.3 Å². The molecule has 33 heavy (non-hydrogen) atoms. The zero-order chi connectivity index (χ0) is 23.8. The van der Waals surface area contributed by atoms with Gasteiger partial charge in [0.05, 0.1) is 35.5 Å². The fourth-order valence-electron chi connectivity index (χ4n) is 3.05. The molecule has 170 valence electrons. The molecule has 0 bridgehead atoms. The van der Waals surface area contributed by atoms with Crippen molar-refractivity contribution in [1.29, 1.82) is 0 Å². The molecule has 3 rings (SSSR count). The lowest BCUT2D eigenvalue weighted by Crippen LogP contribution is -2.29. The number of carbonyl (C=O) groups is 2. The summed E-state index contributed by atoms with van der Waals surface area (Å²) in [5.74, 6) is -1.27. The summed E-state index contributed by atoms with van der Waals surface area (Å²) in [7, 11) is 1.55. The van der Waals surface area contributed by atoms with E-state index in [2.05, 4.69) is 16.0 Å². The van der Waals surface area contributed by atoms with E-state index in [1.165, 1.54) is 30.3 Å². The van der Waals surface area contributed by atoms with E-state index < -0.39 is 22.6 Å². The maximum absolute atomic E-state index is 13.9. The van der Waals surface area contributed by atoms with E-state index in [-0.39, 0.29) is 29.2 Å². The highest BCUT2D eigenvalue weighted by atomic mass is 19.1. The molecule has 0 aliphatic heterocycles. The molecule has 10 heteroatoms. The van der Waals surface area contributed by atoms with Gasteiger partial charge >= 0.3 is 0 Å². The van der Waals surface area contributed by atoms with Crippen LogP contribution in [0, 0.1) is 15.9 Å². The smallest absolute Gasteiger partial charge is 0.270 e. The van der Waals surface area contributed by atoms with Gasteiger partial charge < -0.3 is 20.7 Å². The minimum atomic E-state index is -0.805. The van der Waals surface area contributed by atoms with Gasteiger partial charge in [-0.05, 0) is 24.3 Å². The average Bonchev–Trinajstić information content (AvgIpc) is 2.81. The summed E-state index contributed by atoms with van der Waals surface area (Å²) in [6.45, 7) is 0.266. The molecule has 3 aromatic carbocycles. The van der Waals surface area contributed by atoms with Gasteiger partial charge in [-0.25, -0.2) is 4.39 Å². The van der Waals surface area contributed by atoms with Crippen LogP contribution in [0.2, 0.25) is 0 Å². The van der Waals surface area contributed by atoms with Crippen LogP contribution in [0.5, 0.6) is 5.75 Å². The second kappa shape index (κ2) is 10.8. The standard InChI is InChI=1S/C23H21FN4O5/c1-33-21-9-5-2-6-15(21)13-25-14-22(29)26-19-11-10-16(28(31)32)12-17(19)23(30)27-20-8-4-3-7-18(20)24/h2-12,25H,13-14H2,1H3,(H,26,29)(H,27,30). The van der Waals surface area contributed by atoms with Crippen molar-refractivity contribution in [2.75, 3.05) is 24.3 Å². The zero-order valence-electron chi connectivity index (χ0n) is 17.6. The third-order valence-corrected chi connectivity index (χ3v) is 4.65. The fourth-order valence-corrected chi connectivity index (χ4v) is 3.05. The Hall–Kier alpha value is -4.31. The number of methoxy groups -OCH3 is 1. The Labute approximate surface area is 188 Å². The number of nitrogens with zero attached hydrogens (tertiary/aromatic N) is 1. The fraction of sp³-hybridized carbons (Fsp3) is 0.130. The summed E-state index contributed by atoms with van der Waals surface area (Å²) >= 11 is 0. The highest BCUT2D eigenvalue weighted by Crippen LogP contribution is 2.24. The van der Waals surface area contributed by atoms with Crippen molar-refractivity contribution < 1.29 is 23.6 Å². The minimum absolute atomic E-state index is 0.0542. The number of non-ortho nitro benzene ring substituents is 1. The van der Waals surface area contributed by atoms with Crippen molar-refractivity contribution in [3.05, 3.63) is 93.8 Å². The van der Waals surface area contributed by atoms with Gasteiger partial charge in [0.1, 0.15) is 11.6 Å². The second-order valence-corrected chi connectivity index (χ2v) is 6.88. The lowest BCUT2D eigenvalue weighted by Gasteiger charge is -2.13. The third-order valence-electron chi connectivity index (χ3n) is 4.65. The Balaban J connectivity index is 1.72. The predicted octanol–water partition coefficient (Wildman–Crippen LogP) is 3.72. The lowest BCUT2D eigenvalue weighted by atomic mass is 10.1. The SMILES string of the molecule is COc1ccccc1CNCC(=O)Nc1ccc([N+](=O)[O-])cc1C(=O)Nc1ccccc1F. The van der Waals surface area contributed by atoms with Crippen molar-refractivity contribution in [2.45, 2.75) is 6.54 Å². The first-order valence-corrected chi connectivity index (χ1v) is 9.86. The van der Waals surface area contributed by atoms with Crippen molar-refractivity contribution >= 4 is 28.9 Å². The number of hydrogen-bond donors (Lipinski definition) is 3. The molecule has 0 heterocycles. The summed E-state index contributed by atoms with van der Waals surface area (Å²) in [5.41, 5.74) is 0.294. The maximum atomic E-state index is 13.9. The Bertz CT molecular complexity index is 1190. The normalized spacial score (nSPS) is 10.4. The number of ether oxygens (including phenoxy) is 1. The monoisotopic (exact) mass is 452 g/mol. The third kappa shape index (κ3) is 6.11. The van der Waals surface area contributed by atoms with E-state index >= 15 is 0 Å². The summed E-state index contributed by atoms with van der Waals surface area (Å²) < 4.78 is 19.2. The van der Waals surface area contributed by atoms with Gasteiger partial charge in [0.2, 0.25) is 5.91 Å². The van der Waals surface area contributed by atoms with Gasteiger partial charge in [0.25, 0.3) is 11.6 Å². The Morgan fingerprint density at radius 1 is 1.00 bits per heavy atom. The molecule has 0 fully saturated rings. The van der Waals surface area contributed by atoms with Gasteiger partial charge in [-0.2, -0.15) is 0 Å². The number of nitrogens with one attached hydrogen (secondary N) is 3. The van der Waals surface area contributed by atoms with E-state index in [0.717, 1.165) is 17.7 Å². The van der Waals surface area contributed by atoms with Gasteiger partial charge in [0, 0.05) is 24.2 Å². The van der Waals surface area contributed by atoms with Gasteiger partial charge in [-0.15, -0.1) is 0 Å². The van der Waals surface area contributed by atoms with Crippen LogP contribution in [0.25, 0.3) is 0 Å². The van der Waals surface area contributed by atoms with Gasteiger partial charge in [-0.3, -0.25) is 19.7 Å². The maximum Gasteiger partial charge on any atom is 0.270 e. The summed E-state index contributed by atoms with van der Waals surface area (Å²) in [6.07, 6.45) is 0. The zero-order valence-corrected chi connectivity index (χ0v) is 17.6. The molecule has 2 amide bonds. The molecular formula is C23H21FN4O5. The number of nitro groups is 1. The van der Waals surface area contributed by atoms with Crippen LogP contribution in [-0.4, -0.2) is 30.4 Å². The van der Waals surface area contributed by atoms with E-state index in [1.807, 2.05) is 18.2 Å². The number of anilines is 2. The number of para-hydroxylation sites is 2. The van der Waals surface area contributed by atoms with Crippen LogP contribution in [0.15, 0.2) is 66.7 Å². The van der Waals surface area contributed by atoms with Crippen molar-refractivity contribution in [2.24, 2.45) is 0 Å².